The van der Waals surface area contributed by atoms with E-state index in [1.54, 1.807) is 7.11 Å². The van der Waals surface area contributed by atoms with Gasteiger partial charge in [0.1, 0.15) is 13.2 Å². The molecule has 0 saturated heterocycles. The van der Waals surface area contributed by atoms with E-state index in [4.69, 9.17) is 30.1 Å². The first-order chi connectivity index (χ1) is 23.5. The Hall–Kier alpha value is -4.47. The number of unbranched alkanes of at least 4 members (excludes halogenated alkanes) is 1. The minimum Gasteiger partial charge on any atom is -0.481 e. The van der Waals surface area contributed by atoms with Gasteiger partial charge in [0.2, 0.25) is 23.6 Å². The number of benzene rings is 2. The van der Waals surface area contributed by atoms with Gasteiger partial charge in [-0.25, -0.2) is 0 Å². The van der Waals surface area contributed by atoms with Crippen LogP contribution in [-0.2, 0) is 37.0 Å². The van der Waals surface area contributed by atoms with E-state index in [9.17, 15) is 9.59 Å². The molecule has 0 bridgehead atoms. The van der Waals surface area contributed by atoms with Gasteiger partial charge in [-0.1, -0.05) is 48.5 Å². The molecule has 48 heavy (non-hydrogen) atoms. The predicted octanol–water partition coefficient (Wildman–Crippen LogP) is 3.82. The topological polar surface area (TPSA) is 129 Å². The SMILES string of the molecule is C#CCCCC(=O)NCCOCCOCCOCC(=O)NCCNCc1ccc(OCc2cccc(-c3ccccc3)c2C)nc1OC. The van der Waals surface area contributed by atoms with Crippen molar-refractivity contribution in [1.29, 1.82) is 0 Å². The quantitative estimate of drug-likeness (QED) is 0.0971. The van der Waals surface area contributed by atoms with Gasteiger partial charge in [-0.3, -0.25) is 9.59 Å². The van der Waals surface area contributed by atoms with E-state index in [2.05, 4.69) is 58.0 Å². The zero-order chi connectivity index (χ0) is 34.2. The molecule has 0 unspecified atom stereocenters. The highest BCUT2D eigenvalue weighted by Crippen LogP contribution is 2.27. The molecule has 0 saturated carbocycles. The molecular weight excluding hydrogens is 612 g/mol. The van der Waals surface area contributed by atoms with E-state index in [1.807, 2.05) is 36.4 Å². The van der Waals surface area contributed by atoms with Crippen LogP contribution in [-0.4, -0.2) is 83.2 Å². The van der Waals surface area contributed by atoms with E-state index in [1.165, 1.54) is 16.7 Å². The number of terminal acetylenes is 1. The lowest BCUT2D eigenvalue weighted by Gasteiger charge is -2.14. The summed E-state index contributed by atoms with van der Waals surface area (Å²) < 4.78 is 27.7. The van der Waals surface area contributed by atoms with Crippen molar-refractivity contribution in [3.8, 4) is 35.2 Å². The number of aromatic nitrogens is 1. The minimum atomic E-state index is -0.202. The smallest absolute Gasteiger partial charge is 0.246 e. The maximum Gasteiger partial charge on any atom is 0.246 e. The Morgan fingerprint density at radius 1 is 0.812 bits per heavy atom. The van der Waals surface area contributed by atoms with Gasteiger partial charge in [0, 0.05) is 50.7 Å². The predicted molar refractivity (Wildman–Crippen MR) is 185 cm³/mol. The molecule has 1 aromatic heterocycles. The molecule has 258 valence electrons. The number of methoxy groups -OCH3 is 1. The van der Waals surface area contributed by atoms with E-state index in [0.717, 1.165) is 11.1 Å². The summed E-state index contributed by atoms with van der Waals surface area (Å²) >= 11 is 0. The normalized spacial score (nSPS) is 10.7. The van der Waals surface area contributed by atoms with Gasteiger partial charge in [-0.2, -0.15) is 4.98 Å². The van der Waals surface area contributed by atoms with Gasteiger partial charge in [-0.15, -0.1) is 12.3 Å². The summed E-state index contributed by atoms with van der Waals surface area (Å²) in [4.78, 5) is 28.1. The minimum absolute atomic E-state index is 0.0266. The van der Waals surface area contributed by atoms with Gasteiger partial charge in [-0.05, 0) is 41.7 Å². The van der Waals surface area contributed by atoms with E-state index < -0.39 is 0 Å². The van der Waals surface area contributed by atoms with Crippen LogP contribution in [0.15, 0.2) is 60.7 Å². The zero-order valence-electron chi connectivity index (χ0n) is 28.1. The van der Waals surface area contributed by atoms with E-state index in [-0.39, 0.29) is 18.4 Å². The fourth-order valence-electron chi connectivity index (χ4n) is 4.64. The van der Waals surface area contributed by atoms with Crippen molar-refractivity contribution in [2.75, 3.05) is 66.4 Å². The number of carbonyl (C=O) groups is 2. The number of hydrogen-bond donors (Lipinski definition) is 3. The van der Waals surface area contributed by atoms with Gasteiger partial charge >= 0.3 is 0 Å². The van der Waals surface area contributed by atoms with Crippen LogP contribution in [0.3, 0.4) is 0 Å². The third kappa shape index (κ3) is 14.5. The second-order valence-corrected chi connectivity index (χ2v) is 10.8. The Kier molecular flexibility index (Phi) is 18.2. The van der Waals surface area contributed by atoms with Crippen LogP contribution in [0.4, 0.5) is 0 Å². The summed E-state index contributed by atoms with van der Waals surface area (Å²) in [7, 11) is 1.58. The maximum absolute atomic E-state index is 12.0. The van der Waals surface area contributed by atoms with Crippen molar-refractivity contribution in [3.05, 3.63) is 77.4 Å². The van der Waals surface area contributed by atoms with Gasteiger partial charge in [0.25, 0.3) is 0 Å². The van der Waals surface area contributed by atoms with Crippen LogP contribution in [0.2, 0.25) is 0 Å². The monoisotopic (exact) mass is 660 g/mol. The van der Waals surface area contributed by atoms with Crippen molar-refractivity contribution in [1.82, 2.24) is 20.9 Å². The van der Waals surface area contributed by atoms with Crippen molar-refractivity contribution >= 4 is 11.8 Å². The number of pyridine rings is 1. The average molecular weight is 661 g/mol. The lowest BCUT2D eigenvalue weighted by atomic mass is 9.97. The summed E-state index contributed by atoms with van der Waals surface area (Å²) in [6.07, 6.45) is 6.88. The number of ether oxygens (including phenoxy) is 5. The van der Waals surface area contributed by atoms with Crippen LogP contribution in [0.25, 0.3) is 11.1 Å². The Labute approximate surface area is 284 Å². The third-order valence-corrected chi connectivity index (χ3v) is 7.22. The van der Waals surface area contributed by atoms with Crippen LogP contribution in [0.5, 0.6) is 11.8 Å². The van der Waals surface area contributed by atoms with Gasteiger partial charge < -0.3 is 39.6 Å². The first kappa shape index (κ1) is 38.0. The summed E-state index contributed by atoms with van der Waals surface area (Å²) in [6, 6.07) is 20.3. The Morgan fingerprint density at radius 3 is 2.33 bits per heavy atom. The molecule has 11 heteroatoms. The van der Waals surface area contributed by atoms with Crippen molar-refractivity contribution < 1.29 is 33.3 Å². The fraction of sp³-hybridized carbons (Fsp3) is 0.432. The molecule has 3 N–H and O–H groups in total. The van der Waals surface area contributed by atoms with Gasteiger partial charge in [0.05, 0.1) is 40.1 Å². The Bertz CT molecular complexity index is 1430. The van der Waals surface area contributed by atoms with Crippen molar-refractivity contribution in [3.63, 3.8) is 0 Å². The molecule has 0 radical (unpaired) electrons. The number of nitrogens with zero attached hydrogens (tertiary/aromatic N) is 1. The molecule has 0 aliphatic rings. The molecule has 0 aliphatic heterocycles. The largest absolute Gasteiger partial charge is 0.481 e. The number of nitrogens with one attached hydrogen (secondary N) is 3. The third-order valence-electron chi connectivity index (χ3n) is 7.22. The summed E-state index contributed by atoms with van der Waals surface area (Å²) in [5.74, 6) is 3.25. The number of hydrogen-bond acceptors (Lipinski definition) is 9. The molecule has 2 amide bonds. The van der Waals surface area contributed by atoms with E-state index >= 15 is 0 Å². The summed E-state index contributed by atoms with van der Waals surface area (Å²) in [5, 5.41) is 8.88. The molecule has 0 aliphatic carbocycles. The van der Waals surface area contributed by atoms with Crippen LogP contribution in [0.1, 0.15) is 36.0 Å². The molecule has 0 fully saturated rings. The highest BCUT2D eigenvalue weighted by molar-refractivity contribution is 5.77. The first-order valence-corrected chi connectivity index (χ1v) is 16.2. The highest BCUT2D eigenvalue weighted by atomic mass is 16.5. The number of rotatable bonds is 24. The van der Waals surface area contributed by atoms with Crippen LogP contribution in [0, 0.1) is 19.3 Å². The second kappa shape index (κ2) is 23.0. The molecular formula is C37H48N4O7. The van der Waals surface area contributed by atoms with Crippen molar-refractivity contribution in [2.45, 2.75) is 39.3 Å². The molecule has 2 aromatic carbocycles. The molecule has 0 atom stereocenters. The first-order valence-electron chi connectivity index (χ1n) is 16.2. The Balaban J connectivity index is 1.22. The average Bonchev–Trinajstić information content (AvgIpc) is 3.10. The summed E-state index contributed by atoms with van der Waals surface area (Å²) in [5.41, 5.74) is 5.50. The molecule has 3 rings (SSSR count). The van der Waals surface area contributed by atoms with Crippen LogP contribution >= 0.6 is 0 Å². The molecule has 11 nitrogen and oxygen atoms in total. The number of amides is 2. The Morgan fingerprint density at radius 2 is 1.56 bits per heavy atom. The van der Waals surface area contributed by atoms with Gasteiger partial charge in [0.15, 0.2) is 0 Å². The lowest BCUT2D eigenvalue weighted by Crippen LogP contribution is -2.34. The highest BCUT2D eigenvalue weighted by Gasteiger charge is 2.10. The number of carbonyl (C=O) groups excluding carboxylic acids is 2. The molecule has 1 heterocycles. The van der Waals surface area contributed by atoms with Crippen LogP contribution < -0.4 is 25.4 Å². The van der Waals surface area contributed by atoms with Crippen molar-refractivity contribution in [2.24, 2.45) is 0 Å². The molecule has 3 aromatic rings. The fourth-order valence-corrected chi connectivity index (χ4v) is 4.64. The lowest BCUT2D eigenvalue weighted by molar-refractivity contribution is -0.126. The van der Waals surface area contributed by atoms with E-state index in [0.29, 0.717) is 96.8 Å². The summed E-state index contributed by atoms with van der Waals surface area (Å²) in [6.45, 7) is 6.29. The molecule has 0 spiro atoms. The zero-order valence-corrected chi connectivity index (χ0v) is 28.1. The second-order valence-electron chi connectivity index (χ2n) is 10.8. The standard InChI is InChI=1S/C37H48N4O7/c1-4-5-7-15-34(42)40-20-21-45-22-23-46-24-25-47-28-35(43)39-19-18-38-26-31-16-17-36(41-37(31)44-3)48-27-32-13-10-14-33(29(32)2)30-11-8-6-9-12-30/h1,6,8-14,16-17,38H,5,7,15,18-28H2,2-3H3,(H,39,43)(H,40,42). The maximum atomic E-state index is 12.0.